The summed E-state index contributed by atoms with van der Waals surface area (Å²) < 4.78 is 16.5. The van der Waals surface area contributed by atoms with Gasteiger partial charge in [-0.15, -0.1) is 0 Å². The van der Waals surface area contributed by atoms with Gasteiger partial charge in [-0.25, -0.2) is 4.39 Å². The Morgan fingerprint density at radius 3 is 2.89 bits per heavy atom. The maximum absolute atomic E-state index is 14.7. The van der Waals surface area contributed by atoms with E-state index >= 15 is 0 Å². The number of pyridine rings is 1. The van der Waals surface area contributed by atoms with Crippen molar-refractivity contribution in [3.8, 4) is 11.3 Å². The van der Waals surface area contributed by atoms with Crippen LogP contribution in [-0.4, -0.2) is 33.8 Å². The third-order valence-electron chi connectivity index (χ3n) is 4.73. The SMILES string of the molecule is CCCn1ccc(-c2cc3c(NC)c(C(=O)NC4CC4)cnc3cc2F)n1. The van der Waals surface area contributed by atoms with E-state index in [9.17, 15) is 9.18 Å². The summed E-state index contributed by atoms with van der Waals surface area (Å²) in [6, 6.07) is 5.17. The first kappa shape index (κ1) is 17.5. The quantitative estimate of drug-likeness (QED) is 0.699. The number of carbonyl (C=O) groups is 1. The summed E-state index contributed by atoms with van der Waals surface area (Å²) in [5.74, 6) is -0.539. The van der Waals surface area contributed by atoms with Gasteiger partial charge in [0.2, 0.25) is 0 Å². The van der Waals surface area contributed by atoms with Gasteiger partial charge in [0, 0.05) is 49.0 Å². The molecule has 3 aromatic rings. The Balaban J connectivity index is 1.81. The van der Waals surface area contributed by atoms with Crippen LogP contribution in [0.2, 0.25) is 0 Å². The Hall–Kier alpha value is -2.96. The monoisotopic (exact) mass is 367 g/mol. The minimum atomic E-state index is -0.381. The molecule has 0 aliphatic heterocycles. The number of hydrogen-bond acceptors (Lipinski definition) is 4. The lowest BCUT2D eigenvalue weighted by atomic mass is 10.0. The predicted molar refractivity (Wildman–Crippen MR) is 103 cm³/mol. The van der Waals surface area contributed by atoms with Crippen LogP contribution in [0.4, 0.5) is 10.1 Å². The molecule has 6 nitrogen and oxygen atoms in total. The van der Waals surface area contributed by atoms with Crippen LogP contribution < -0.4 is 10.6 Å². The Morgan fingerprint density at radius 2 is 2.19 bits per heavy atom. The van der Waals surface area contributed by atoms with Crippen molar-refractivity contribution in [1.29, 1.82) is 0 Å². The van der Waals surface area contributed by atoms with E-state index in [4.69, 9.17) is 0 Å². The van der Waals surface area contributed by atoms with Crippen molar-refractivity contribution in [2.45, 2.75) is 38.8 Å². The fraction of sp³-hybridized carbons (Fsp3) is 0.350. The molecule has 1 amide bonds. The van der Waals surface area contributed by atoms with Crippen LogP contribution in [0.1, 0.15) is 36.5 Å². The predicted octanol–water partition coefficient (Wildman–Crippen LogP) is 3.58. The van der Waals surface area contributed by atoms with Gasteiger partial charge in [0.25, 0.3) is 5.91 Å². The standard InChI is InChI=1S/C20H22FN5O/c1-3-7-26-8-6-17(25-26)13-9-14-18(10-16(13)21)23-11-15(19(14)22-2)20(27)24-12-4-5-12/h6,8-12H,3-5,7H2,1-2H3,(H,22,23)(H,24,27). The van der Waals surface area contributed by atoms with E-state index in [1.807, 2.05) is 6.20 Å². The number of aromatic nitrogens is 3. The second kappa shape index (κ2) is 6.98. The first-order valence-corrected chi connectivity index (χ1v) is 9.25. The molecule has 2 heterocycles. The van der Waals surface area contributed by atoms with Crippen molar-refractivity contribution in [3.05, 3.63) is 42.0 Å². The molecule has 0 saturated heterocycles. The number of aryl methyl sites for hydroxylation is 1. The van der Waals surface area contributed by atoms with Gasteiger partial charge in [0.15, 0.2) is 0 Å². The minimum absolute atomic E-state index is 0.158. The van der Waals surface area contributed by atoms with Crippen molar-refractivity contribution in [2.75, 3.05) is 12.4 Å². The molecule has 0 bridgehead atoms. The summed E-state index contributed by atoms with van der Waals surface area (Å²) in [7, 11) is 1.75. The Morgan fingerprint density at radius 1 is 1.37 bits per heavy atom. The first-order valence-electron chi connectivity index (χ1n) is 9.25. The van der Waals surface area contributed by atoms with Gasteiger partial charge in [-0.1, -0.05) is 6.92 Å². The summed E-state index contributed by atoms with van der Waals surface area (Å²) in [6.07, 6.45) is 6.32. The normalized spacial score (nSPS) is 13.7. The van der Waals surface area contributed by atoms with Gasteiger partial charge in [-0.05, 0) is 31.4 Å². The highest BCUT2D eigenvalue weighted by atomic mass is 19.1. The van der Waals surface area contributed by atoms with Gasteiger partial charge in [0.05, 0.1) is 22.5 Å². The van der Waals surface area contributed by atoms with Crippen molar-refractivity contribution in [2.24, 2.45) is 0 Å². The van der Waals surface area contributed by atoms with Crippen LogP contribution in [0.3, 0.4) is 0 Å². The van der Waals surface area contributed by atoms with Crippen molar-refractivity contribution < 1.29 is 9.18 Å². The molecule has 0 unspecified atom stereocenters. The number of fused-ring (bicyclic) bond motifs is 1. The zero-order chi connectivity index (χ0) is 19.0. The van der Waals surface area contributed by atoms with Gasteiger partial charge in [-0.2, -0.15) is 5.10 Å². The molecular weight excluding hydrogens is 345 g/mol. The number of anilines is 1. The zero-order valence-corrected chi connectivity index (χ0v) is 15.4. The Kier molecular flexibility index (Phi) is 4.51. The van der Waals surface area contributed by atoms with Crippen LogP contribution in [0, 0.1) is 5.82 Å². The molecule has 1 aliphatic carbocycles. The minimum Gasteiger partial charge on any atom is -0.387 e. The lowest BCUT2D eigenvalue weighted by Gasteiger charge is -2.13. The molecule has 1 aliphatic rings. The van der Waals surface area contributed by atoms with E-state index in [2.05, 4.69) is 27.6 Å². The largest absolute Gasteiger partial charge is 0.387 e. The number of nitrogens with one attached hydrogen (secondary N) is 2. The van der Waals surface area contributed by atoms with E-state index < -0.39 is 0 Å². The van der Waals surface area contributed by atoms with Crippen molar-refractivity contribution in [3.63, 3.8) is 0 Å². The van der Waals surface area contributed by atoms with Crippen LogP contribution in [0.25, 0.3) is 22.2 Å². The molecule has 2 aromatic heterocycles. The highest BCUT2D eigenvalue weighted by Crippen LogP contribution is 2.32. The van der Waals surface area contributed by atoms with Crippen LogP contribution in [0.15, 0.2) is 30.6 Å². The Labute approximate surface area is 156 Å². The number of hydrogen-bond donors (Lipinski definition) is 2. The summed E-state index contributed by atoms with van der Waals surface area (Å²) in [5.41, 5.74) is 2.57. The summed E-state index contributed by atoms with van der Waals surface area (Å²) in [4.78, 5) is 16.8. The topological polar surface area (TPSA) is 71.8 Å². The molecule has 27 heavy (non-hydrogen) atoms. The van der Waals surface area contributed by atoms with Gasteiger partial charge >= 0.3 is 0 Å². The van der Waals surface area contributed by atoms with Crippen molar-refractivity contribution in [1.82, 2.24) is 20.1 Å². The van der Waals surface area contributed by atoms with Crippen LogP contribution >= 0.6 is 0 Å². The number of rotatable bonds is 6. The second-order valence-corrected chi connectivity index (χ2v) is 6.86. The highest BCUT2D eigenvalue weighted by molar-refractivity contribution is 6.07. The van der Waals surface area contributed by atoms with E-state index in [1.165, 1.54) is 12.3 Å². The fourth-order valence-corrected chi connectivity index (χ4v) is 3.20. The molecule has 1 fully saturated rings. The lowest BCUT2D eigenvalue weighted by molar-refractivity contribution is 0.0951. The maximum Gasteiger partial charge on any atom is 0.255 e. The lowest BCUT2D eigenvalue weighted by Crippen LogP contribution is -2.26. The van der Waals surface area contributed by atoms with Crippen molar-refractivity contribution >= 4 is 22.5 Å². The molecule has 0 spiro atoms. The smallest absolute Gasteiger partial charge is 0.255 e. The maximum atomic E-state index is 14.7. The number of carbonyl (C=O) groups excluding carboxylic acids is 1. The number of halogens is 1. The molecule has 4 rings (SSSR count). The number of amides is 1. The zero-order valence-electron chi connectivity index (χ0n) is 15.4. The van der Waals surface area contributed by atoms with Crippen LogP contribution in [0.5, 0.6) is 0 Å². The molecule has 1 saturated carbocycles. The summed E-state index contributed by atoms with van der Waals surface area (Å²) in [5, 5.41) is 11.2. The molecule has 1 aromatic carbocycles. The van der Waals surface area contributed by atoms with E-state index in [-0.39, 0.29) is 17.8 Å². The summed E-state index contributed by atoms with van der Waals surface area (Å²) in [6.45, 7) is 2.85. The van der Waals surface area contributed by atoms with Gasteiger partial charge in [-0.3, -0.25) is 14.5 Å². The van der Waals surface area contributed by atoms with E-state index in [0.29, 0.717) is 33.4 Å². The Bertz CT molecular complexity index is 1010. The van der Waals surface area contributed by atoms with Crippen LogP contribution in [-0.2, 0) is 6.54 Å². The average Bonchev–Trinajstić information content (AvgIpc) is 3.35. The molecule has 0 radical (unpaired) electrons. The molecule has 0 atom stereocenters. The van der Waals surface area contributed by atoms with Gasteiger partial charge < -0.3 is 10.6 Å². The first-order chi connectivity index (χ1) is 13.1. The third kappa shape index (κ3) is 3.37. The number of nitrogens with zero attached hydrogens (tertiary/aromatic N) is 3. The molecule has 7 heteroatoms. The summed E-state index contributed by atoms with van der Waals surface area (Å²) >= 11 is 0. The van der Waals surface area contributed by atoms with E-state index in [1.54, 1.807) is 23.9 Å². The van der Waals surface area contributed by atoms with Gasteiger partial charge in [0.1, 0.15) is 5.82 Å². The second-order valence-electron chi connectivity index (χ2n) is 6.86. The molecule has 140 valence electrons. The highest BCUT2D eigenvalue weighted by Gasteiger charge is 2.26. The number of benzene rings is 1. The average molecular weight is 367 g/mol. The third-order valence-corrected chi connectivity index (χ3v) is 4.73. The van der Waals surface area contributed by atoms with E-state index in [0.717, 1.165) is 25.8 Å². The fourth-order valence-electron chi connectivity index (χ4n) is 3.20. The molecular formula is C20H22FN5O. The molecule has 2 N–H and O–H groups in total.